The number of nitrogens with zero attached hydrogens (tertiary/aromatic N) is 5. The molecular formula is C15H17N5O. The second-order valence-corrected chi connectivity index (χ2v) is 5.09. The van der Waals surface area contributed by atoms with Crippen molar-refractivity contribution in [3.63, 3.8) is 0 Å². The Morgan fingerprint density at radius 1 is 1.10 bits per heavy atom. The normalized spacial score (nSPS) is 16.7. The third kappa shape index (κ3) is 3.45. The molecule has 1 aliphatic heterocycles. The lowest BCUT2D eigenvalue weighted by Crippen LogP contribution is -2.45. The highest BCUT2D eigenvalue weighted by molar-refractivity contribution is 5.53. The smallest absolute Gasteiger partial charge is 0.241 e. The number of benzene rings is 1. The van der Waals surface area contributed by atoms with E-state index in [4.69, 9.17) is 9.78 Å². The summed E-state index contributed by atoms with van der Waals surface area (Å²) < 4.78 is 5.33. The van der Waals surface area contributed by atoms with Crippen molar-refractivity contribution in [1.82, 2.24) is 19.9 Å². The van der Waals surface area contributed by atoms with E-state index in [0.717, 1.165) is 31.7 Å². The summed E-state index contributed by atoms with van der Waals surface area (Å²) in [6.45, 7) is 4.84. The zero-order valence-electron chi connectivity index (χ0n) is 11.8. The maximum atomic E-state index is 8.69. The third-order valence-corrected chi connectivity index (χ3v) is 3.62. The fraction of sp³-hybridized carbons (Fsp3) is 0.400. The first-order chi connectivity index (χ1) is 10.3. The van der Waals surface area contributed by atoms with Crippen molar-refractivity contribution in [3.8, 4) is 17.5 Å². The quantitative estimate of drug-likeness (QED) is 0.790. The van der Waals surface area contributed by atoms with E-state index in [9.17, 15) is 0 Å². The predicted octanol–water partition coefficient (Wildman–Crippen LogP) is 1.38. The van der Waals surface area contributed by atoms with Crippen molar-refractivity contribution in [2.24, 2.45) is 0 Å². The topological polar surface area (TPSA) is 69.2 Å². The van der Waals surface area contributed by atoms with E-state index in [0.29, 0.717) is 24.8 Å². The molecule has 21 heavy (non-hydrogen) atoms. The van der Waals surface area contributed by atoms with E-state index in [2.05, 4.69) is 26.0 Å². The van der Waals surface area contributed by atoms with Crippen LogP contribution in [0.3, 0.4) is 0 Å². The van der Waals surface area contributed by atoms with E-state index >= 15 is 0 Å². The highest BCUT2D eigenvalue weighted by Crippen LogP contribution is 2.16. The van der Waals surface area contributed by atoms with Gasteiger partial charge in [-0.3, -0.25) is 9.80 Å². The van der Waals surface area contributed by atoms with Crippen LogP contribution in [0.1, 0.15) is 5.89 Å². The van der Waals surface area contributed by atoms with Crippen LogP contribution in [0.25, 0.3) is 11.4 Å². The van der Waals surface area contributed by atoms with E-state index < -0.39 is 0 Å². The Labute approximate surface area is 123 Å². The molecule has 3 rings (SSSR count). The SMILES string of the molecule is N#CCN1CCN(Cc2nc(-c3ccccc3)no2)CC1. The van der Waals surface area contributed by atoms with Gasteiger partial charge in [-0.25, -0.2) is 0 Å². The molecule has 0 bridgehead atoms. The summed E-state index contributed by atoms with van der Waals surface area (Å²) in [5.41, 5.74) is 0.964. The summed E-state index contributed by atoms with van der Waals surface area (Å²) in [6.07, 6.45) is 0. The molecule has 1 aliphatic rings. The number of hydrogen-bond acceptors (Lipinski definition) is 6. The van der Waals surface area contributed by atoms with Gasteiger partial charge in [0, 0.05) is 31.7 Å². The van der Waals surface area contributed by atoms with Gasteiger partial charge in [-0.05, 0) is 0 Å². The van der Waals surface area contributed by atoms with E-state index in [-0.39, 0.29) is 0 Å². The molecule has 0 amide bonds. The second kappa shape index (κ2) is 6.48. The zero-order valence-corrected chi connectivity index (χ0v) is 11.8. The highest BCUT2D eigenvalue weighted by Gasteiger charge is 2.19. The molecule has 2 heterocycles. The van der Waals surface area contributed by atoms with Crippen LogP contribution in [-0.2, 0) is 6.54 Å². The Morgan fingerprint density at radius 2 is 1.81 bits per heavy atom. The summed E-state index contributed by atoms with van der Waals surface area (Å²) >= 11 is 0. The average Bonchev–Trinajstić information content (AvgIpc) is 2.99. The lowest BCUT2D eigenvalue weighted by molar-refractivity contribution is 0.126. The standard InChI is InChI=1S/C15H17N5O/c16-6-7-19-8-10-20(11-9-19)12-14-17-15(18-21-14)13-4-2-1-3-5-13/h1-5H,7-12H2. The largest absolute Gasteiger partial charge is 0.338 e. The van der Waals surface area contributed by atoms with Crippen LogP contribution in [0.4, 0.5) is 0 Å². The van der Waals surface area contributed by atoms with Crippen LogP contribution in [0.2, 0.25) is 0 Å². The summed E-state index contributed by atoms with van der Waals surface area (Å²) in [5.74, 6) is 1.27. The Morgan fingerprint density at radius 3 is 2.52 bits per heavy atom. The van der Waals surface area contributed by atoms with Gasteiger partial charge in [0.25, 0.3) is 0 Å². The van der Waals surface area contributed by atoms with Gasteiger partial charge in [0.15, 0.2) is 0 Å². The maximum absolute atomic E-state index is 8.69. The molecular weight excluding hydrogens is 266 g/mol. The predicted molar refractivity (Wildman–Crippen MR) is 77.1 cm³/mol. The van der Waals surface area contributed by atoms with Crippen LogP contribution in [0.5, 0.6) is 0 Å². The van der Waals surface area contributed by atoms with Crippen molar-refractivity contribution in [3.05, 3.63) is 36.2 Å². The van der Waals surface area contributed by atoms with Gasteiger partial charge in [-0.15, -0.1) is 0 Å². The lowest BCUT2D eigenvalue weighted by atomic mass is 10.2. The van der Waals surface area contributed by atoms with Crippen LogP contribution >= 0.6 is 0 Å². The minimum atomic E-state index is 0.507. The molecule has 0 N–H and O–H groups in total. The Balaban J connectivity index is 1.58. The van der Waals surface area contributed by atoms with Crippen LogP contribution < -0.4 is 0 Å². The minimum absolute atomic E-state index is 0.507. The molecule has 1 saturated heterocycles. The zero-order chi connectivity index (χ0) is 14.5. The van der Waals surface area contributed by atoms with Gasteiger partial charge in [0.2, 0.25) is 11.7 Å². The first-order valence-corrected chi connectivity index (χ1v) is 7.05. The molecule has 108 valence electrons. The van der Waals surface area contributed by atoms with Crippen molar-refractivity contribution in [2.75, 3.05) is 32.7 Å². The van der Waals surface area contributed by atoms with Gasteiger partial charge < -0.3 is 4.52 Å². The Bertz CT molecular complexity index is 610. The number of rotatable bonds is 4. The summed E-state index contributed by atoms with van der Waals surface area (Å²) in [6, 6.07) is 12.0. The molecule has 0 unspecified atom stereocenters. The van der Waals surface area contributed by atoms with E-state index in [1.54, 1.807) is 0 Å². The molecule has 1 aromatic heterocycles. The molecule has 0 radical (unpaired) electrons. The monoisotopic (exact) mass is 283 g/mol. The summed E-state index contributed by atoms with van der Waals surface area (Å²) in [7, 11) is 0. The number of nitriles is 1. The van der Waals surface area contributed by atoms with Crippen molar-refractivity contribution >= 4 is 0 Å². The second-order valence-electron chi connectivity index (χ2n) is 5.09. The lowest BCUT2D eigenvalue weighted by Gasteiger charge is -2.32. The number of hydrogen-bond donors (Lipinski definition) is 0. The molecule has 6 nitrogen and oxygen atoms in total. The minimum Gasteiger partial charge on any atom is -0.338 e. The number of piperazine rings is 1. The van der Waals surface area contributed by atoms with Crippen molar-refractivity contribution < 1.29 is 4.52 Å². The third-order valence-electron chi connectivity index (χ3n) is 3.62. The first kappa shape index (κ1) is 13.7. The molecule has 0 atom stereocenters. The first-order valence-electron chi connectivity index (χ1n) is 7.05. The van der Waals surface area contributed by atoms with Gasteiger partial charge in [-0.2, -0.15) is 10.2 Å². The molecule has 1 aromatic carbocycles. The Hall–Kier alpha value is -2.23. The Kier molecular flexibility index (Phi) is 4.24. The average molecular weight is 283 g/mol. The molecule has 0 saturated carbocycles. The van der Waals surface area contributed by atoms with Gasteiger partial charge in [-0.1, -0.05) is 35.5 Å². The molecule has 1 fully saturated rings. The summed E-state index contributed by atoms with van der Waals surface area (Å²) in [4.78, 5) is 8.87. The molecule has 6 heteroatoms. The maximum Gasteiger partial charge on any atom is 0.241 e. The van der Waals surface area contributed by atoms with E-state index in [1.807, 2.05) is 30.3 Å². The van der Waals surface area contributed by atoms with Gasteiger partial charge >= 0.3 is 0 Å². The fourth-order valence-corrected chi connectivity index (χ4v) is 2.42. The van der Waals surface area contributed by atoms with Crippen LogP contribution in [0.15, 0.2) is 34.9 Å². The van der Waals surface area contributed by atoms with Crippen molar-refractivity contribution in [1.29, 1.82) is 5.26 Å². The molecule has 0 spiro atoms. The van der Waals surface area contributed by atoms with Gasteiger partial charge in [0.1, 0.15) is 0 Å². The van der Waals surface area contributed by atoms with Crippen molar-refractivity contribution in [2.45, 2.75) is 6.54 Å². The number of aromatic nitrogens is 2. The van der Waals surface area contributed by atoms with Crippen LogP contribution in [-0.4, -0.2) is 52.7 Å². The summed E-state index contributed by atoms with van der Waals surface area (Å²) in [5, 5.41) is 12.7. The van der Waals surface area contributed by atoms with Gasteiger partial charge in [0.05, 0.1) is 19.2 Å². The van der Waals surface area contributed by atoms with Crippen LogP contribution in [0, 0.1) is 11.3 Å². The van der Waals surface area contributed by atoms with E-state index in [1.165, 1.54) is 0 Å². The highest BCUT2D eigenvalue weighted by atomic mass is 16.5. The molecule has 0 aliphatic carbocycles. The molecule has 2 aromatic rings. The fourth-order valence-electron chi connectivity index (χ4n) is 2.42.